The van der Waals surface area contributed by atoms with Crippen LogP contribution in [0.2, 0.25) is 0 Å². The molecule has 1 heterocycles. The first-order chi connectivity index (χ1) is 17.7. The number of hydrogen-bond donors (Lipinski definition) is 6. The Bertz CT molecular complexity index is 860. The van der Waals surface area contributed by atoms with Gasteiger partial charge in [-0.15, -0.1) is 0 Å². The van der Waals surface area contributed by atoms with Crippen molar-refractivity contribution >= 4 is 11.9 Å². The van der Waals surface area contributed by atoms with Crippen molar-refractivity contribution in [3.05, 3.63) is 23.3 Å². The number of aliphatic hydroxyl groups excluding tert-OH is 2. The van der Waals surface area contributed by atoms with Gasteiger partial charge in [0.15, 0.2) is 17.5 Å². The van der Waals surface area contributed by atoms with E-state index >= 15 is 0 Å². The highest BCUT2D eigenvalue weighted by molar-refractivity contribution is 5.77. The van der Waals surface area contributed by atoms with Crippen molar-refractivity contribution in [2.75, 3.05) is 26.7 Å². The quantitative estimate of drug-likeness (QED) is 0.115. The third kappa shape index (κ3) is 11.2. The molecule has 0 bridgehead atoms. The third-order valence-electron chi connectivity index (χ3n) is 6.93. The predicted octanol–water partition coefficient (Wildman–Crippen LogP) is 1.97. The lowest BCUT2D eigenvalue weighted by Gasteiger charge is -2.25. The smallest absolute Gasteiger partial charge is 0.302 e. The lowest BCUT2D eigenvalue weighted by Crippen LogP contribution is -2.35. The number of nitrogens with zero attached hydrogens (tertiary/aromatic N) is 1. The predicted molar refractivity (Wildman–Crippen MR) is 144 cm³/mol. The lowest BCUT2D eigenvalue weighted by molar-refractivity contribution is -0.148. The number of hydrogen-bond acceptors (Lipinski definition) is 8. The first kappa shape index (κ1) is 30.7. The van der Waals surface area contributed by atoms with Crippen molar-refractivity contribution in [3.8, 4) is 11.5 Å². The minimum atomic E-state index is -0.619. The number of ether oxygens (including phenoxy) is 2. The minimum Gasteiger partial charge on any atom is -0.504 e. The third-order valence-corrected chi connectivity index (χ3v) is 6.93. The summed E-state index contributed by atoms with van der Waals surface area (Å²) in [7, 11) is 1.63. The number of aliphatic imine (C=N–C) groups is 1. The first-order valence-electron chi connectivity index (χ1n) is 13.4. The Morgan fingerprint density at radius 2 is 1.97 bits per heavy atom. The fourth-order valence-electron chi connectivity index (χ4n) is 4.62. The van der Waals surface area contributed by atoms with E-state index in [1.807, 2.05) is 0 Å². The largest absolute Gasteiger partial charge is 0.504 e. The van der Waals surface area contributed by atoms with E-state index in [0.717, 1.165) is 44.3 Å². The molecular formula is C27H46N4O6. The van der Waals surface area contributed by atoms with E-state index < -0.39 is 18.2 Å². The van der Waals surface area contributed by atoms with E-state index in [1.165, 1.54) is 13.0 Å². The monoisotopic (exact) mass is 522 g/mol. The number of phenols is 1. The van der Waals surface area contributed by atoms with Crippen LogP contribution in [0.5, 0.6) is 11.5 Å². The summed E-state index contributed by atoms with van der Waals surface area (Å²) in [6.07, 6.45) is 4.28. The molecule has 10 heteroatoms. The number of benzene rings is 1. The molecule has 0 unspecified atom stereocenters. The molecule has 0 aliphatic carbocycles. The van der Waals surface area contributed by atoms with Crippen molar-refractivity contribution < 1.29 is 29.6 Å². The van der Waals surface area contributed by atoms with Crippen LogP contribution in [0.3, 0.4) is 0 Å². The standard InChI is InChI=1S/C27H46N4O6/c1-4-19(16-31-27(28)29-3)5-7-22(34)15-24(36-18(2)33)8-6-20-14-26(25(35)13-21(20)17-32)37-23-9-11-30-12-10-23/h13-14,19,22-24,30,32,34-35H,4-12,15-17H2,1-3H3,(H3,28,29,31)/t19-,22+,24-/m1/s1. The topological polar surface area (TPSA) is 159 Å². The van der Waals surface area contributed by atoms with Crippen LogP contribution >= 0.6 is 0 Å². The van der Waals surface area contributed by atoms with Gasteiger partial charge in [-0.3, -0.25) is 9.79 Å². The molecule has 2 rings (SSSR count). The maximum absolute atomic E-state index is 11.7. The molecule has 0 radical (unpaired) electrons. The minimum absolute atomic E-state index is 0.00484. The lowest BCUT2D eigenvalue weighted by atomic mass is 9.94. The average molecular weight is 523 g/mol. The maximum atomic E-state index is 11.7. The molecule has 7 N–H and O–H groups in total. The number of aryl methyl sites for hydroxylation is 1. The Morgan fingerprint density at radius 3 is 2.59 bits per heavy atom. The number of rotatable bonds is 15. The van der Waals surface area contributed by atoms with E-state index in [4.69, 9.17) is 15.2 Å². The van der Waals surface area contributed by atoms with Crippen LogP contribution in [0, 0.1) is 5.92 Å². The van der Waals surface area contributed by atoms with Crippen molar-refractivity contribution in [2.24, 2.45) is 16.6 Å². The molecule has 0 spiro atoms. The Kier molecular flexibility index (Phi) is 13.5. The van der Waals surface area contributed by atoms with Crippen LogP contribution < -0.4 is 21.1 Å². The molecular weight excluding hydrogens is 476 g/mol. The molecule has 1 aromatic carbocycles. The average Bonchev–Trinajstić information content (AvgIpc) is 2.88. The second-order valence-corrected chi connectivity index (χ2v) is 9.81. The van der Waals surface area contributed by atoms with Gasteiger partial charge in [0.05, 0.1) is 12.7 Å². The molecule has 1 aliphatic rings. The van der Waals surface area contributed by atoms with Gasteiger partial charge in [0.1, 0.15) is 12.2 Å². The van der Waals surface area contributed by atoms with E-state index in [0.29, 0.717) is 55.4 Å². The zero-order chi connectivity index (χ0) is 27.2. The summed E-state index contributed by atoms with van der Waals surface area (Å²) in [5.74, 6) is 0.742. The first-order valence-corrected chi connectivity index (χ1v) is 13.4. The number of nitrogens with two attached hydrogens (primary N) is 1. The zero-order valence-electron chi connectivity index (χ0n) is 22.5. The SMILES string of the molecule is CC[C@H](CC[C@H](O)C[C@@H](CCc1cc(OC2CCNCC2)c(O)cc1CO)OC(C)=O)CNC(N)=NC. The highest BCUT2D eigenvalue weighted by Crippen LogP contribution is 2.33. The van der Waals surface area contributed by atoms with Crippen molar-refractivity contribution in [3.63, 3.8) is 0 Å². The van der Waals surface area contributed by atoms with Crippen LogP contribution in [0.4, 0.5) is 0 Å². The highest BCUT2D eigenvalue weighted by atomic mass is 16.5. The van der Waals surface area contributed by atoms with Gasteiger partial charge in [0.25, 0.3) is 0 Å². The number of guanidine groups is 1. The summed E-state index contributed by atoms with van der Waals surface area (Å²) in [6.45, 7) is 5.66. The van der Waals surface area contributed by atoms with Crippen LogP contribution in [-0.2, 0) is 22.6 Å². The van der Waals surface area contributed by atoms with Gasteiger partial charge in [0.2, 0.25) is 0 Å². The van der Waals surface area contributed by atoms with Crippen molar-refractivity contribution in [1.29, 1.82) is 0 Å². The highest BCUT2D eigenvalue weighted by Gasteiger charge is 2.21. The molecule has 210 valence electrons. The summed E-state index contributed by atoms with van der Waals surface area (Å²) in [6, 6.07) is 3.31. The molecule has 10 nitrogen and oxygen atoms in total. The summed E-state index contributed by atoms with van der Waals surface area (Å²) in [4.78, 5) is 15.6. The van der Waals surface area contributed by atoms with E-state index in [-0.39, 0.29) is 18.5 Å². The molecule has 0 aromatic heterocycles. The van der Waals surface area contributed by atoms with Gasteiger partial charge in [-0.2, -0.15) is 0 Å². The molecule has 37 heavy (non-hydrogen) atoms. The van der Waals surface area contributed by atoms with Crippen LogP contribution in [0.1, 0.15) is 69.9 Å². The van der Waals surface area contributed by atoms with Crippen molar-refractivity contribution in [2.45, 2.75) is 90.1 Å². The number of carbonyl (C=O) groups excluding carboxylic acids is 1. The Morgan fingerprint density at radius 1 is 1.24 bits per heavy atom. The summed E-state index contributed by atoms with van der Waals surface area (Å²) < 4.78 is 11.6. The Balaban J connectivity index is 1.98. The Hall–Kier alpha value is -2.56. The van der Waals surface area contributed by atoms with Crippen LogP contribution in [0.15, 0.2) is 17.1 Å². The fourth-order valence-corrected chi connectivity index (χ4v) is 4.62. The van der Waals surface area contributed by atoms with E-state index in [9.17, 15) is 20.1 Å². The fraction of sp³-hybridized carbons (Fsp3) is 0.704. The number of nitrogens with one attached hydrogen (secondary N) is 2. The maximum Gasteiger partial charge on any atom is 0.302 e. The molecule has 1 aromatic rings. The van der Waals surface area contributed by atoms with Gasteiger partial charge in [-0.05, 0) is 80.8 Å². The second-order valence-electron chi connectivity index (χ2n) is 9.81. The zero-order valence-corrected chi connectivity index (χ0v) is 22.5. The van der Waals surface area contributed by atoms with Gasteiger partial charge in [-0.1, -0.05) is 13.3 Å². The van der Waals surface area contributed by atoms with Crippen molar-refractivity contribution in [1.82, 2.24) is 10.6 Å². The molecule has 0 amide bonds. The molecule has 1 aliphatic heterocycles. The summed E-state index contributed by atoms with van der Waals surface area (Å²) in [5, 5.41) is 37.3. The molecule has 3 atom stereocenters. The van der Waals surface area contributed by atoms with Gasteiger partial charge < -0.3 is 41.2 Å². The molecule has 1 fully saturated rings. The molecule has 0 saturated carbocycles. The van der Waals surface area contributed by atoms with E-state index in [1.54, 1.807) is 13.1 Å². The number of phenolic OH excluding ortho intramolecular Hbond substituents is 1. The summed E-state index contributed by atoms with van der Waals surface area (Å²) in [5.41, 5.74) is 7.14. The summed E-state index contributed by atoms with van der Waals surface area (Å²) >= 11 is 0. The number of aromatic hydroxyl groups is 1. The normalized spacial score (nSPS) is 17.2. The van der Waals surface area contributed by atoms with Crippen LogP contribution in [0.25, 0.3) is 0 Å². The van der Waals surface area contributed by atoms with Gasteiger partial charge >= 0.3 is 5.97 Å². The van der Waals surface area contributed by atoms with Gasteiger partial charge in [-0.25, -0.2) is 0 Å². The molecule has 1 saturated heterocycles. The number of esters is 1. The Labute approximate surface area is 220 Å². The number of aliphatic hydroxyl groups is 2. The number of carbonyl (C=O) groups is 1. The second kappa shape index (κ2) is 16.3. The van der Waals surface area contributed by atoms with E-state index in [2.05, 4.69) is 22.5 Å². The van der Waals surface area contributed by atoms with Crippen LogP contribution in [-0.4, -0.2) is 72.2 Å². The number of piperidine rings is 1. The van der Waals surface area contributed by atoms with Gasteiger partial charge in [0, 0.05) is 26.9 Å².